The molecule has 0 bridgehead atoms. The highest BCUT2D eigenvalue weighted by Crippen LogP contribution is 2.23. The number of aromatic nitrogens is 1. The van der Waals surface area contributed by atoms with Gasteiger partial charge in [-0.2, -0.15) is 0 Å². The van der Waals surface area contributed by atoms with E-state index in [2.05, 4.69) is 37.0 Å². The van der Waals surface area contributed by atoms with Gasteiger partial charge in [0.2, 0.25) is 0 Å². The molecule has 1 aromatic carbocycles. The van der Waals surface area contributed by atoms with Gasteiger partial charge in [0.15, 0.2) is 0 Å². The van der Waals surface area contributed by atoms with Crippen molar-refractivity contribution in [1.29, 1.82) is 0 Å². The summed E-state index contributed by atoms with van der Waals surface area (Å²) in [5, 5.41) is 9.16. The van der Waals surface area contributed by atoms with Gasteiger partial charge in [-0.3, -0.25) is 4.98 Å². The lowest BCUT2D eigenvalue weighted by atomic mass is 10.0. The van der Waals surface area contributed by atoms with E-state index in [4.69, 9.17) is 5.11 Å². The number of hydrogen-bond donors (Lipinski definition) is 1. The van der Waals surface area contributed by atoms with Gasteiger partial charge in [-0.05, 0) is 37.6 Å². The van der Waals surface area contributed by atoms with Crippen LogP contribution in [0.15, 0.2) is 36.5 Å². The Hall–Kier alpha value is -1.83. The fraction of sp³-hybridized carbons (Fsp3) is 0.154. The summed E-state index contributed by atoms with van der Waals surface area (Å²) in [4.78, 5) is 4.20. The average molecular weight is 199 g/mol. The Labute approximate surface area is 89.2 Å². The van der Waals surface area contributed by atoms with Crippen LogP contribution >= 0.6 is 0 Å². The Balaban J connectivity index is 2.53. The summed E-state index contributed by atoms with van der Waals surface area (Å²) in [5.41, 5.74) is 4.42. The standard InChI is InChI=1S/C13H13NO/c1-9-3-4-10(2)12(7-9)13-6-5-11(15)8-14-13/h3-8,15H,1-2H3. The quantitative estimate of drug-likeness (QED) is 0.765. The van der Waals surface area contributed by atoms with Crippen molar-refractivity contribution in [3.63, 3.8) is 0 Å². The second kappa shape index (κ2) is 3.73. The van der Waals surface area contributed by atoms with Gasteiger partial charge in [0.1, 0.15) is 5.75 Å². The van der Waals surface area contributed by atoms with Crippen LogP contribution in [0.3, 0.4) is 0 Å². The molecule has 1 aromatic heterocycles. The molecule has 0 fully saturated rings. The van der Waals surface area contributed by atoms with Crippen molar-refractivity contribution in [2.24, 2.45) is 0 Å². The zero-order valence-corrected chi connectivity index (χ0v) is 8.86. The zero-order chi connectivity index (χ0) is 10.8. The van der Waals surface area contributed by atoms with Crippen LogP contribution < -0.4 is 0 Å². The third-order valence-electron chi connectivity index (χ3n) is 2.42. The largest absolute Gasteiger partial charge is 0.506 e. The minimum absolute atomic E-state index is 0.198. The molecule has 0 atom stereocenters. The number of aromatic hydroxyl groups is 1. The van der Waals surface area contributed by atoms with Gasteiger partial charge in [-0.25, -0.2) is 0 Å². The van der Waals surface area contributed by atoms with Crippen molar-refractivity contribution in [2.45, 2.75) is 13.8 Å². The first-order chi connectivity index (χ1) is 7.16. The maximum Gasteiger partial charge on any atom is 0.133 e. The SMILES string of the molecule is Cc1ccc(C)c(-c2ccc(O)cn2)c1. The van der Waals surface area contributed by atoms with E-state index < -0.39 is 0 Å². The summed E-state index contributed by atoms with van der Waals surface area (Å²) in [7, 11) is 0. The van der Waals surface area contributed by atoms with Crippen LogP contribution in [0.25, 0.3) is 11.3 Å². The van der Waals surface area contributed by atoms with Gasteiger partial charge >= 0.3 is 0 Å². The predicted octanol–water partition coefficient (Wildman–Crippen LogP) is 3.07. The van der Waals surface area contributed by atoms with Crippen LogP contribution in [0.4, 0.5) is 0 Å². The normalized spacial score (nSPS) is 10.3. The van der Waals surface area contributed by atoms with Gasteiger partial charge in [0.25, 0.3) is 0 Å². The first-order valence-corrected chi connectivity index (χ1v) is 4.89. The molecule has 0 spiro atoms. The lowest BCUT2D eigenvalue weighted by Crippen LogP contribution is -1.87. The highest BCUT2D eigenvalue weighted by atomic mass is 16.3. The van der Waals surface area contributed by atoms with Crippen LogP contribution in [0.1, 0.15) is 11.1 Å². The van der Waals surface area contributed by atoms with Crippen molar-refractivity contribution in [2.75, 3.05) is 0 Å². The van der Waals surface area contributed by atoms with Crippen molar-refractivity contribution >= 4 is 0 Å². The molecule has 0 aliphatic heterocycles. The highest BCUT2D eigenvalue weighted by molar-refractivity contribution is 5.64. The summed E-state index contributed by atoms with van der Waals surface area (Å²) in [5.74, 6) is 0.198. The number of benzene rings is 1. The molecular formula is C13H13NO. The average Bonchev–Trinajstić information content (AvgIpc) is 2.23. The molecule has 0 aliphatic carbocycles. The predicted molar refractivity (Wildman–Crippen MR) is 60.8 cm³/mol. The number of rotatable bonds is 1. The Bertz CT molecular complexity index is 474. The first kappa shape index (κ1) is 9.71. The molecule has 1 N–H and O–H groups in total. The molecular weight excluding hydrogens is 186 g/mol. The maximum absolute atomic E-state index is 9.16. The highest BCUT2D eigenvalue weighted by Gasteiger charge is 2.03. The van der Waals surface area contributed by atoms with E-state index in [0.717, 1.165) is 11.3 Å². The van der Waals surface area contributed by atoms with E-state index in [1.54, 1.807) is 6.07 Å². The van der Waals surface area contributed by atoms with Crippen molar-refractivity contribution in [3.8, 4) is 17.0 Å². The molecule has 0 unspecified atom stereocenters. The van der Waals surface area contributed by atoms with Crippen LogP contribution in [0.2, 0.25) is 0 Å². The summed E-state index contributed by atoms with van der Waals surface area (Å²) in [6.07, 6.45) is 1.47. The van der Waals surface area contributed by atoms with E-state index >= 15 is 0 Å². The van der Waals surface area contributed by atoms with E-state index in [-0.39, 0.29) is 5.75 Å². The number of hydrogen-bond acceptors (Lipinski definition) is 2. The molecule has 2 heteroatoms. The smallest absolute Gasteiger partial charge is 0.133 e. The van der Waals surface area contributed by atoms with Gasteiger partial charge in [-0.15, -0.1) is 0 Å². The Morgan fingerprint density at radius 1 is 1.07 bits per heavy atom. The maximum atomic E-state index is 9.16. The topological polar surface area (TPSA) is 33.1 Å². The van der Waals surface area contributed by atoms with Gasteiger partial charge < -0.3 is 5.11 Å². The fourth-order valence-electron chi connectivity index (χ4n) is 1.56. The molecule has 1 heterocycles. The van der Waals surface area contributed by atoms with Crippen LogP contribution in [0.5, 0.6) is 5.75 Å². The second-order valence-electron chi connectivity index (χ2n) is 3.72. The third-order valence-corrected chi connectivity index (χ3v) is 2.42. The van der Waals surface area contributed by atoms with Crippen molar-refractivity contribution in [3.05, 3.63) is 47.7 Å². The number of nitrogens with zero attached hydrogens (tertiary/aromatic N) is 1. The minimum Gasteiger partial charge on any atom is -0.506 e. The summed E-state index contributed by atoms with van der Waals surface area (Å²) in [6.45, 7) is 4.12. The number of pyridine rings is 1. The number of aryl methyl sites for hydroxylation is 2. The van der Waals surface area contributed by atoms with E-state index in [1.165, 1.54) is 17.3 Å². The van der Waals surface area contributed by atoms with E-state index in [1.807, 2.05) is 6.07 Å². The summed E-state index contributed by atoms with van der Waals surface area (Å²) < 4.78 is 0. The second-order valence-corrected chi connectivity index (χ2v) is 3.72. The fourth-order valence-corrected chi connectivity index (χ4v) is 1.56. The molecule has 0 saturated carbocycles. The Morgan fingerprint density at radius 3 is 2.53 bits per heavy atom. The summed E-state index contributed by atoms with van der Waals surface area (Å²) in [6, 6.07) is 9.76. The first-order valence-electron chi connectivity index (χ1n) is 4.89. The molecule has 15 heavy (non-hydrogen) atoms. The third kappa shape index (κ3) is 1.99. The molecule has 0 saturated heterocycles. The lowest BCUT2D eigenvalue weighted by molar-refractivity contribution is 0.473. The molecule has 0 aliphatic rings. The molecule has 0 radical (unpaired) electrons. The van der Waals surface area contributed by atoms with E-state index in [9.17, 15) is 0 Å². The lowest BCUT2D eigenvalue weighted by Gasteiger charge is -2.06. The van der Waals surface area contributed by atoms with Gasteiger partial charge in [-0.1, -0.05) is 17.7 Å². The van der Waals surface area contributed by atoms with Crippen molar-refractivity contribution < 1.29 is 5.11 Å². The minimum atomic E-state index is 0.198. The Kier molecular flexibility index (Phi) is 2.42. The van der Waals surface area contributed by atoms with Crippen LogP contribution in [-0.2, 0) is 0 Å². The van der Waals surface area contributed by atoms with Crippen LogP contribution in [0, 0.1) is 13.8 Å². The molecule has 76 valence electrons. The van der Waals surface area contributed by atoms with Gasteiger partial charge in [0, 0.05) is 5.56 Å². The molecule has 2 nitrogen and oxygen atoms in total. The molecule has 0 amide bonds. The zero-order valence-electron chi connectivity index (χ0n) is 8.86. The van der Waals surface area contributed by atoms with Crippen LogP contribution in [-0.4, -0.2) is 10.1 Å². The van der Waals surface area contributed by atoms with E-state index in [0.29, 0.717) is 0 Å². The van der Waals surface area contributed by atoms with Gasteiger partial charge in [0.05, 0.1) is 11.9 Å². The van der Waals surface area contributed by atoms with Crippen molar-refractivity contribution in [1.82, 2.24) is 4.98 Å². The monoisotopic (exact) mass is 199 g/mol. The molecule has 2 aromatic rings. The molecule has 2 rings (SSSR count). The summed E-state index contributed by atoms with van der Waals surface area (Å²) >= 11 is 0. The Morgan fingerprint density at radius 2 is 1.87 bits per heavy atom.